The molecule has 0 saturated carbocycles. The number of ether oxygens (including phenoxy) is 2. The molecule has 1 rings (SSSR count). The lowest BCUT2D eigenvalue weighted by Gasteiger charge is -2.22. The van der Waals surface area contributed by atoms with Crippen molar-refractivity contribution < 1.29 is 14.3 Å². The number of hydrogen-bond acceptors (Lipinski definition) is 4. The first-order chi connectivity index (χ1) is 8.35. The van der Waals surface area contributed by atoms with Gasteiger partial charge in [-0.05, 0) is 58.2 Å². The van der Waals surface area contributed by atoms with Gasteiger partial charge in [0.15, 0.2) is 5.78 Å². The van der Waals surface area contributed by atoms with Gasteiger partial charge < -0.3 is 9.47 Å². The zero-order chi connectivity index (χ0) is 13.8. The van der Waals surface area contributed by atoms with E-state index in [0.717, 1.165) is 14.0 Å². The average molecular weight is 400 g/mol. The van der Waals surface area contributed by atoms with Gasteiger partial charge in [-0.15, -0.1) is 11.3 Å². The van der Waals surface area contributed by atoms with Crippen molar-refractivity contribution in [2.24, 2.45) is 0 Å². The molecule has 0 atom stereocenters. The fourth-order valence-electron chi connectivity index (χ4n) is 1.19. The first kappa shape index (κ1) is 16.3. The smallest absolute Gasteiger partial charge is 0.190 e. The molecule has 0 aliphatic rings. The average Bonchev–Trinajstić information content (AvgIpc) is 2.64. The summed E-state index contributed by atoms with van der Waals surface area (Å²) in [6.07, 6.45) is 0.755. The number of methoxy groups -OCH3 is 1. The Kier molecular flexibility index (Phi) is 6.47. The molecule has 0 radical (unpaired) electrons. The van der Waals surface area contributed by atoms with Crippen molar-refractivity contribution in [1.29, 1.82) is 0 Å². The predicted octanol–water partition coefficient (Wildman–Crippen LogP) is 4.29. The van der Waals surface area contributed by atoms with Crippen molar-refractivity contribution >= 4 is 49.0 Å². The second-order valence-electron chi connectivity index (χ2n) is 4.43. The molecule has 0 aliphatic carbocycles. The molecule has 0 N–H and O–H groups in total. The normalized spacial score (nSPS) is 11.8. The van der Waals surface area contributed by atoms with Gasteiger partial charge in [0.2, 0.25) is 0 Å². The number of hydrogen-bond donors (Lipinski definition) is 0. The molecule has 102 valence electrons. The summed E-state index contributed by atoms with van der Waals surface area (Å²) in [5, 5.41) is 0. The SMILES string of the molecule is COC(C)(C)CCOCC(=O)c1cc(Br)sc1Br. The van der Waals surface area contributed by atoms with Crippen molar-refractivity contribution in [3.05, 3.63) is 19.2 Å². The van der Waals surface area contributed by atoms with Crippen molar-refractivity contribution in [2.75, 3.05) is 20.3 Å². The summed E-state index contributed by atoms with van der Waals surface area (Å²) in [7, 11) is 1.67. The Morgan fingerprint density at radius 1 is 1.44 bits per heavy atom. The van der Waals surface area contributed by atoms with Gasteiger partial charge in [-0.25, -0.2) is 0 Å². The molecule has 1 aromatic rings. The fourth-order valence-corrected chi connectivity index (χ4v) is 4.05. The van der Waals surface area contributed by atoms with Crippen LogP contribution in [0.4, 0.5) is 0 Å². The van der Waals surface area contributed by atoms with Crippen molar-refractivity contribution in [3.8, 4) is 0 Å². The summed E-state index contributed by atoms with van der Waals surface area (Å²) in [6.45, 7) is 4.59. The van der Waals surface area contributed by atoms with Crippen LogP contribution in [-0.2, 0) is 9.47 Å². The van der Waals surface area contributed by atoms with Crippen LogP contribution in [0, 0.1) is 0 Å². The van der Waals surface area contributed by atoms with Gasteiger partial charge in [-0.3, -0.25) is 4.79 Å². The Balaban J connectivity index is 2.36. The predicted molar refractivity (Wildman–Crippen MR) is 80.6 cm³/mol. The number of rotatable bonds is 7. The van der Waals surface area contributed by atoms with Gasteiger partial charge in [0.1, 0.15) is 6.61 Å². The van der Waals surface area contributed by atoms with Crippen molar-refractivity contribution in [2.45, 2.75) is 25.9 Å². The molecule has 0 spiro atoms. The maximum Gasteiger partial charge on any atom is 0.190 e. The van der Waals surface area contributed by atoms with Crippen molar-refractivity contribution in [1.82, 2.24) is 0 Å². The van der Waals surface area contributed by atoms with Crippen LogP contribution in [0.25, 0.3) is 0 Å². The Hall–Kier alpha value is 0.250. The molecule has 0 amide bonds. The van der Waals surface area contributed by atoms with Crippen LogP contribution in [0.2, 0.25) is 0 Å². The van der Waals surface area contributed by atoms with Gasteiger partial charge >= 0.3 is 0 Å². The summed E-state index contributed by atoms with van der Waals surface area (Å²) in [6, 6.07) is 1.81. The highest BCUT2D eigenvalue weighted by Gasteiger charge is 2.17. The first-order valence-corrected chi connectivity index (χ1v) is 7.87. The van der Waals surface area contributed by atoms with Crippen LogP contribution < -0.4 is 0 Å². The Morgan fingerprint density at radius 3 is 2.61 bits per heavy atom. The van der Waals surface area contributed by atoms with E-state index >= 15 is 0 Å². The minimum Gasteiger partial charge on any atom is -0.379 e. The van der Waals surface area contributed by atoms with E-state index in [0.29, 0.717) is 12.2 Å². The number of carbonyl (C=O) groups is 1. The van der Waals surface area contributed by atoms with Crippen LogP contribution in [0.3, 0.4) is 0 Å². The molecule has 0 fully saturated rings. The second-order valence-corrected chi connectivity index (χ2v) is 8.18. The zero-order valence-electron chi connectivity index (χ0n) is 10.6. The third-order valence-electron chi connectivity index (χ3n) is 2.59. The molecular formula is C12H16Br2O3S. The lowest BCUT2D eigenvalue weighted by Crippen LogP contribution is -2.25. The van der Waals surface area contributed by atoms with Crippen LogP contribution in [0.1, 0.15) is 30.6 Å². The molecule has 3 nitrogen and oxygen atoms in total. The molecule has 18 heavy (non-hydrogen) atoms. The summed E-state index contributed by atoms with van der Waals surface area (Å²) < 4.78 is 12.4. The Labute approximate surface area is 128 Å². The largest absolute Gasteiger partial charge is 0.379 e. The summed E-state index contributed by atoms with van der Waals surface area (Å²) in [4.78, 5) is 11.9. The molecule has 0 aromatic carbocycles. The summed E-state index contributed by atoms with van der Waals surface area (Å²) in [5.74, 6) is -0.0148. The molecule has 1 aromatic heterocycles. The van der Waals surface area contributed by atoms with Crippen LogP contribution >= 0.6 is 43.2 Å². The van der Waals surface area contributed by atoms with E-state index in [9.17, 15) is 4.79 Å². The second kappa shape index (κ2) is 7.14. The number of thiophene rings is 1. The number of halogens is 2. The number of ketones is 1. The van der Waals surface area contributed by atoms with Crippen LogP contribution in [0.5, 0.6) is 0 Å². The van der Waals surface area contributed by atoms with Crippen molar-refractivity contribution in [3.63, 3.8) is 0 Å². The number of Topliss-reactive ketones (excluding diaryl/α,β-unsaturated/α-hetero) is 1. The van der Waals surface area contributed by atoms with E-state index in [1.807, 2.05) is 13.8 Å². The minimum atomic E-state index is -0.213. The molecule has 6 heteroatoms. The lowest BCUT2D eigenvalue weighted by atomic mass is 10.1. The topological polar surface area (TPSA) is 35.5 Å². The molecule has 1 heterocycles. The molecule has 0 unspecified atom stereocenters. The van der Waals surface area contributed by atoms with E-state index in [-0.39, 0.29) is 18.0 Å². The summed E-state index contributed by atoms with van der Waals surface area (Å²) >= 11 is 8.19. The van der Waals surface area contributed by atoms with Gasteiger partial charge in [0.25, 0.3) is 0 Å². The highest BCUT2D eigenvalue weighted by molar-refractivity contribution is 9.12. The first-order valence-electron chi connectivity index (χ1n) is 5.46. The molecule has 0 bridgehead atoms. The zero-order valence-corrected chi connectivity index (χ0v) is 14.6. The van der Waals surface area contributed by atoms with Gasteiger partial charge in [0, 0.05) is 19.3 Å². The third kappa shape index (κ3) is 5.09. The Morgan fingerprint density at radius 2 is 2.11 bits per heavy atom. The lowest BCUT2D eigenvalue weighted by molar-refractivity contribution is -0.00837. The Bertz CT molecular complexity index is 415. The third-order valence-corrected chi connectivity index (χ3v) is 4.93. The quantitative estimate of drug-likeness (QED) is 0.506. The molecular weight excluding hydrogens is 384 g/mol. The van der Waals surface area contributed by atoms with E-state index in [1.54, 1.807) is 13.2 Å². The van der Waals surface area contributed by atoms with E-state index in [2.05, 4.69) is 31.9 Å². The minimum absolute atomic E-state index is 0.0148. The highest BCUT2D eigenvalue weighted by Crippen LogP contribution is 2.32. The number of carbonyl (C=O) groups excluding carboxylic acids is 1. The van der Waals surface area contributed by atoms with Gasteiger partial charge in [0.05, 0.1) is 13.2 Å². The molecule has 0 aliphatic heterocycles. The highest BCUT2D eigenvalue weighted by atomic mass is 79.9. The van der Waals surface area contributed by atoms with Gasteiger partial charge in [-0.1, -0.05) is 0 Å². The van der Waals surface area contributed by atoms with E-state index in [1.165, 1.54) is 11.3 Å². The van der Waals surface area contributed by atoms with E-state index in [4.69, 9.17) is 9.47 Å². The summed E-state index contributed by atoms with van der Waals surface area (Å²) in [5.41, 5.74) is 0.451. The maximum atomic E-state index is 11.9. The maximum absolute atomic E-state index is 11.9. The fraction of sp³-hybridized carbons (Fsp3) is 0.583. The molecule has 0 saturated heterocycles. The standard InChI is InChI=1S/C12H16Br2O3S/c1-12(2,16-3)4-5-17-7-9(15)8-6-10(13)18-11(8)14/h6H,4-5,7H2,1-3H3. The van der Waals surface area contributed by atoms with E-state index < -0.39 is 0 Å². The van der Waals surface area contributed by atoms with Gasteiger partial charge in [-0.2, -0.15) is 0 Å². The van der Waals surface area contributed by atoms with Crippen LogP contribution in [-0.4, -0.2) is 31.7 Å². The van der Waals surface area contributed by atoms with Crippen LogP contribution in [0.15, 0.2) is 13.6 Å². The monoisotopic (exact) mass is 398 g/mol.